The molecular weight excluding hydrogens is 162 g/mol. The van der Waals surface area contributed by atoms with Gasteiger partial charge in [-0.05, 0) is 36.0 Å². The Morgan fingerprint density at radius 2 is 2.23 bits per heavy atom. The molecule has 0 fully saturated rings. The van der Waals surface area contributed by atoms with E-state index in [2.05, 4.69) is 12.1 Å². The lowest BCUT2D eigenvalue weighted by Gasteiger charge is -2.21. The second-order valence-corrected chi connectivity index (χ2v) is 3.76. The van der Waals surface area contributed by atoms with Crippen molar-refractivity contribution in [3.8, 4) is 0 Å². The molecule has 2 nitrogen and oxygen atoms in total. The first-order chi connectivity index (χ1) is 6.29. The summed E-state index contributed by atoms with van der Waals surface area (Å²) in [5, 5.41) is 8.97. The second kappa shape index (κ2) is 3.48. The number of hydrogen-bond donors (Lipinski definition) is 2. The third-order valence-corrected chi connectivity index (χ3v) is 2.72. The number of aryl methyl sites for hydroxylation is 1. The first-order valence-electron chi connectivity index (χ1n) is 4.76. The van der Waals surface area contributed by atoms with Crippen molar-refractivity contribution in [2.45, 2.75) is 31.9 Å². The minimum absolute atomic E-state index is 0.127. The summed E-state index contributed by atoms with van der Waals surface area (Å²) in [7, 11) is 0. The molecule has 13 heavy (non-hydrogen) atoms. The Balaban J connectivity index is 2.32. The van der Waals surface area contributed by atoms with Crippen LogP contribution in [0.2, 0.25) is 0 Å². The average Bonchev–Trinajstić information content (AvgIpc) is 2.16. The number of benzene rings is 1. The summed E-state index contributed by atoms with van der Waals surface area (Å²) >= 11 is 0. The summed E-state index contributed by atoms with van der Waals surface area (Å²) in [4.78, 5) is 0. The molecule has 0 aromatic heterocycles. The standard InChI is InChI=1S/C11H15NO/c12-11-4-3-9-2-1-8(7-13)5-10(9)6-11/h1-2,5,11,13H,3-4,6-7,12H2. The molecule has 0 spiro atoms. The third-order valence-electron chi connectivity index (χ3n) is 2.72. The highest BCUT2D eigenvalue weighted by molar-refractivity contribution is 5.34. The van der Waals surface area contributed by atoms with E-state index in [0.29, 0.717) is 6.04 Å². The van der Waals surface area contributed by atoms with Gasteiger partial charge < -0.3 is 10.8 Å². The zero-order chi connectivity index (χ0) is 9.26. The maximum Gasteiger partial charge on any atom is 0.0681 e. The lowest BCUT2D eigenvalue weighted by molar-refractivity contribution is 0.281. The predicted octanol–water partition coefficient (Wildman–Crippen LogP) is 0.995. The van der Waals surface area contributed by atoms with Crippen molar-refractivity contribution in [3.05, 3.63) is 34.9 Å². The van der Waals surface area contributed by atoms with Gasteiger partial charge in [0.2, 0.25) is 0 Å². The largest absolute Gasteiger partial charge is 0.392 e. The quantitative estimate of drug-likeness (QED) is 0.672. The van der Waals surface area contributed by atoms with Gasteiger partial charge in [-0.1, -0.05) is 18.2 Å². The van der Waals surface area contributed by atoms with Gasteiger partial charge in [0, 0.05) is 6.04 Å². The fourth-order valence-corrected chi connectivity index (χ4v) is 1.94. The van der Waals surface area contributed by atoms with Gasteiger partial charge in [0.05, 0.1) is 6.61 Å². The van der Waals surface area contributed by atoms with Crippen LogP contribution >= 0.6 is 0 Å². The van der Waals surface area contributed by atoms with Crippen LogP contribution in [0, 0.1) is 0 Å². The zero-order valence-electron chi connectivity index (χ0n) is 7.66. The highest BCUT2D eigenvalue weighted by Gasteiger charge is 2.14. The smallest absolute Gasteiger partial charge is 0.0681 e. The fourth-order valence-electron chi connectivity index (χ4n) is 1.94. The van der Waals surface area contributed by atoms with Crippen LogP contribution in [0.3, 0.4) is 0 Å². The van der Waals surface area contributed by atoms with E-state index in [4.69, 9.17) is 10.8 Å². The molecule has 70 valence electrons. The van der Waals surface area contributed by atoms with E-state index in [-0.39, 0.29) is 6.61 Å². The maximum atomic E-state index is 8.97. The molecule has 0 heterocycles. The summed E-state index contributed by atoms with van der Waals surface area (Å²) in [6.45, 7) is 0.127. The van der Waals surface area contributed by atoms with Crippen molar-refractivity contribution in [3.63, 3.8) is 0 Å². The SMILES string of the molecule is NC1CCc2ccc(CO)cc2C1. The van der Waals surface area contributed by atoms with Crippen LogP contribution in [0.4, 0.5) is 0 Å². The molecule has 0 saturated carbocycles. The van der Waals surface area contributed by atoms with Crippen LogP contribution in [0.1, 0.15) is 23.1 Å². The lowest BCUT2D eigenvalue weighted by atomic mass is 9.88. The van der Waals surface area contributed by atoms with E-state index >= 15 is 0 Å². The lowest BCUT2D eigenvalue weighted by Crippen LogP contribution is -2.27. The van der Waals surface area contributed by atoms with Gasteiger partial charge in [-0.2, -0.15) is 0 Å². The van der Waals surface area contributed by atoms with Crippen LogP contribution in [0.15, 0.2) is 18.2 Å². The Morgan fingerprint density at radius 3 is 3.00 bits per heavy atom. The van der Waals surface area contributed by atoms with Crippen LogP contribution < -0.4 is 5.73 Å². The Morgan fingerprint density at radius 1 is 1.38 bits per heavy atom. The summed E-state index contributed by atoms with van der Waals surface area (Å²) in [6, 6.07) is 6.50. The zero-order valence-corrected chi connectivity index (χ0v) is 7.66. The van der Waals surface area contributed by atoms with Crippen molar-refractivity contribution in [2.24, 2.45) is 5.73 Å². The summed E-state index contributed by atoms with van der Waals surface area (Å²) in [5.41, 5.74) is 9.60. The number of aliphatic hydroxyl groups is 1. The molecule has 2 heteroatoms. The monoisotopic (exact) mass is 177 g/mol. The molecule has 1 aromatic rings. The van der Waals surface area contributed by atoms with Crippen LogP contribution in [-0.2, 0) is 19.4 Å². The van der Waals surface area contributed by atoms with Crippen molar-refractivity contribution in [2.75, 3.05) is 0 Å². The normalized spacial score (nSPS) is 21.2. The summed E-state index contributed by atoms with van der Waals surface area (Å²) in [6.07, 6.45) is 3.14. The fraction of sp³-hybridized carbons (Fsp3) is 0.455. The van der Waals surface area contributed by atoms with Crippen LogP contribution in [-0.4, -0.2) is 11.1 Å². The van der Waals surface area contributed by atoms with E-state index in [9.17, 15) is 0 Å². The van der Waals surface area contributed by atoms with E-state index in [1.807, 2.05) is 6.07 Å². The predicted molar refractivity (Wildman–Crippen MR) is 52.4 cm³/mol. The highest BCUT2D eigenvalue weighted by Crippen LogP contribution is 2.21. The molecule has 1 unspecified atom stereocenters. The molecule has 1 aliphatic carbocycles. The molecule has 1 atom stereocenters. The number of rotatable bonds is 1. The Labute approximate surface area is 78.4 Å². The molecule has 1 aromatic carbocycles. The molecule has 0 radical (unpaired) electrons. The second-order valence-electron chi connectivity index (χ2n) is 3.76. The molecule has 0 aliphatic heterocycles. The molecule has 3 N–H and O–H groups in total. The topological polar surface area (TPSA) is 46.2 Å². The molecule has 0 bridgehead atoms. The van der Waals surface area contributed by atoms with Crippen molar-refractivity contribution < 1.29 is 5.11 Å². The number of nitrogens with two attached hydrogens (primary N) is 1. The number of fused-ring (bicyclic) bond motifs is 1. The minimum Gasteiger partial charge on any atom is -0.392 e. The van der Waals surface area contributed by atoms with Gasteiger partial charge in [0.15, 0.2) is 0 Å². The van der Waals surface area contributed by atoms with Crippen molar-refractivity contribution in [1.29, 1.82) is 0 Å². The third kappa shape index (κ3) is 1.74. The summed E-state index contributed by atoms with van der Waals surface area (Å²) < 4.78 is 0. The van der Waals surface area contributed by atoms with E-state index < -0.39 is 0 Å². The molecule has 0 amide bonds. The van der Waals surface area contributed by atoms with Gasteiger partial charge in [-0.3, -0.25) is 0 Å². The number of hydrogen-bond acceptors (Lipinski definition) is 2. The maximum absolute atomic E-state index is 8.97. The van der Waals surface area contributed by atoms with Gasteiger partial charge in [0.25, 0.3) is 0 Å². The molecular formula is C11H15NO. The van der Waals surface area contributed by atoms with Gasteiger partial charge in [-0.25, -0.2) is 0 Å². The van der Waals surface area contributed by atoms with E-state index in [1.54, 1.807) is 0 Å². The first-order valence-corrected chi connectivity index (χ1v) is 4.76. The van der Waals surface area contributed by atoms with Crippen LogP contribution in [0.5, 0.6) is 0 Å². The highest BCUT2D eigenvalue weighted by atomic mass is 16.3. The van der Waals surface area contributed by atoms with Gasteiger partial charge >= 0.3 is 0 Å². The van der Waals surface area contributed by atoms with Crippen molar-refractivity contribution in [1.82, 2.24) is 0 Å². The summed E-state index contributed by atoms with van der Waals surface area (Å²) in [5.74, 6) is 0. The first kappa shape index (κ1) is 8.73. The molecule has 0 saturated heterocycles. The van der Waals surface area contributed by atoms with E-state index in [1.165, 1.54) is 11.1 Å². The Hall–Kier alpha value is -0.860. The Bertz CT molecular complexity index is 309. The number of aliphatic hydroxyl groups excluding tert-OH is 1. The molecule has 2 rings (SSSR count). The average molecular weight is 177 g/mol. The minimum atomic E-state index is 0.127. The Kier molecular flexibility index (Phi) is 2.34. The van der Waals surface area contributed by atoms with Gasteiger partial charge in [0.1, 0.15) is 0 Å². The molecule has 1 aliphatic rings. The van der Waals surface area contributed by atoms with Gasteiger partial charge in [-0.15, -0.1) is 0 Å². The van der Waals surface area contributed by atoms with Crippen LogP contribution in [0.25, 0.3) is 0 Å². The van der Waals surface area contributed by atoms with E-state index in [0.717, 1.165) is 24.8 Å². The van der Waals surface area contributed by atoms with Crippen molar-refractivity contribution >= 4 is 0 Å².